The fourth-order valence-electron chi connectivity index (χ4n) is 1.75. The van der Waals surface area contributed by atoms with E-state index in [2.05, 4.69) is 13.5 Å². The van der Waals surface area contributed by atoms with Gasteiger partial charge in [0, 0.05) is 12.1 Å². The average molecular weight is 303 g/mol. The minimum atomic E-state index is -0.508. The van der Waals surface area contributed by atoms with Gasteiger partial charge in [0.2, 0.25) is 0 Å². The molecule has 0 radical (unpaired) electrons. The molecule has 0 aliphatic heterocycles. The van der Waals surface area contributed by atoms with Gasteiger partial charge in [-0.15, -0.1) is 6.58 Å². The molecule has 0 fully saturated rings. The van der Waals surface area contributed by atoms with Crippen molar-refractivity contribution in [2.45, 2.75) is 26.7 Å². The molecule has 0 heterocycles. The van der Waals surface area contributed by atoms with Crippen LogP contribution in [0.5, 0.6) is 0 Å². The summed E-state index contributed by atoms with van der Waals surface area (Å²) in [6.45, 7) is 7.96. The van der Waals surface area contributed by atoms with Crippen LogP contribution in [0.15, 0.2) is 48.6 Å². The largest absolute Gasteiger partial charge is 0.458 e. The van der Waals surface area contributed by atoms with Crippen LogP contribution in [-0.2, 0) is 4.74 Å². The Morgan fingerprint density at radius 2 is 2.05 bits per heavy atom. The molecule has 1 atom stereocenters. The van der Waals surface area contributed by atoms with Crippen molar-refractivity contribution in [2.24, 2.45) is 5.92 Å². The average Bonchev–Trinajstić information content (AvgIpc) is 2.52. The van der Waals surface area contributed by atoms with Crippen LogP contribution >= 0.6 is 0 Å². The van der Waals surface area contributed by atoms with Gasteiger partial charge in [-0.05, 0) is 43.4 Å². The maximum atomic E-state index is 11.8. The van der Waals surface area contributed by atoms with E-state index in [0.717, 1.165) is 18.4 Å². The summed E-state index contributed by atoms with van der Waals surface area (Å²) in [6.07, 6.45) is 5.88. The standard InChI is InChI=1S/C17H21NO4/c1-4-13(2)6-5-7-14(3)12-22-17(19)15-8-10-16(11-9-15)18(20)21/h4,7-11,13H,1,5-6,12H2,2-3H3. The van der Waals surface area contributed by atoms with Crippen molar-refractivity contribution in [3.05, 3.63) is 64.2 Å². The molecule has 1 aromatic carbocycles. The Bertz CT molecular complexity index is 561. The van der Waals surface area contributed by atoms with E-state index < -0.39 is 10.9 Å². The summed E-state index contributed by atoms with van der Waals surface area (Å²) >= 11 is 0. The molecule has 1 rings (SSSR count). The molecule has 5 nitrogen and oxygen atoms in total. The van der Waals surface area contributed by atoms with Crippen LogP contribution in [0.2, 0.25) is 0 Å². The number of hydrogen-bond acceptors (Lipinski definition) is 4. The zero-order valence-corrected chi connectivity index (χ0v) is 13.0. The number of benzene rings is 1. The van der Waals surface area contributed by atoms with Gasteiger partial charge in [-0.25, -0.2) is 4.79 Å². The van der Waals surface area contributed by atoms with Crippen LogP contribution in [-0.4, -0.2) is 17.5 Å². The highest BCUT2D eigenvalue weighted by molar-refractivity contribution is 5.89. The number of carbonyl (C=O) groups excluding carboxylic acids is 1. The number of esters is 1. The molecule has 1 aromatic rings. The third kappa shape index (κ3) is 5.91. The first-order valence-electron chi connectivity index (χ1n) is 7.13. The molecular weight excluding hydrogens is 282 g/mol. The third-order valence-corrected chi connectivity index (χ3v) is 3.26. The molecule has 22 heavy (non-hydrogen) atoms. The van der Waals surface area contributed by atoms with E-state index in [1.165, 1.54) is 24.3 Å². The van der Waals surface area contributed by atoms with Gasteiger partial charge < -0.3 is 4.74 Å². The summed E-state index contributed by atoms with van der Waals surface area (Å²) in [6, 6.07) is 5.36. The molecule has 0 aliphatic rings. The molecule has 0 aromatic heterocycles. The first kappa shape index (κ1) is 17.6. The summed E-state index contributed by atoms with van der Waals surface area (Å²) in [4.78, 5) is 21.9. The maximum Gasteiger partial charge on any atom is 0.338 e. The lowest BCUT2D eigenvalue weighted by Crippen LogP contribution is -2.07. The number of nitrogens with zero attached hydrogens (tertiary/aromatic N) is 1. The predicted octanol–water partition coefficient (Wildman–Crippen LogP) is 4.30. The molecule has 0 bridgehead atoms. The van der Waals surface area contributed by atoms with E-state index in [4.69, 9.17) is 4.74 Å². The maximum absolute atomic E-state index is 11.8. The van der Waals surface area contributed by atoms with Gasteiger partial charge >= 0.3 is 5.97 Å². The van der Waals surface area contributed by atoms with E-state index in [-0.39, 0.29) is 12.3 Å². The minimum Gasteiger partial charge on any atom is -0.458 e. The second-order valence-electron chi connectivity index (χ2n) is 5.22. The zero-order valence-electron chi connectivity index (χ0n) is 13.0. The first-order chi connectivity index (χ1) is 10.4. The fourth-order valence-corrected chi connectivity index (χ4v) is 1.75. The number of rotatable bonds is 8. The van der Waals surface area contributed by atoms with Gasteiger partial charge in [-0.1, -0.05) is 19.1 Å². The van der Waals surface area contributed by atoms with Crippen LogP contribution < -0.4 is 0 Å². The van der Waals surface area contributed by atoms with Gasteiger partial charge in [-0.2, -0.15) is 0 Å². The Kier molecular flexibility index (Phi) is 7.02. The second-order valence-corrected chi connectivity index (χ2v) is 5.22. The Hall–Kier alpha value is -2.43. The zero-order chi connectivity index (χ0) is 16.5. The van der Waals surface area contributed by atoms with Gasteiger partial charge in [0.25, 0.3) is 5.69 Å². The molecule has 0 saturated heterocycles. The number of non-ortho nitro benzene ring substituents is 1. The van der Waals surface area contributed by atoms with Crippen molar-refractivity contribution >= 4 is 11.7 Å². The summed E-state index contributed by atoms with van der Waals surface area (Å²) in [7, 11) is 0. The SMILES string of the molecule is C=CC(C)CCC=C(C)COC(=O)c1ccc([N+](=O)[O-])cc1. The Labute approximate surface area is 130 Å². The summed E-state index contributed by atoms with van der Waals surface area (Å²) in [5.74, 6) is -0.0196. The number of carbonyl (C=O) groups is 1. The number of hydrogen-bond donors (Lipinski definition) is 0. The van der Waals surface area contributed by atoms with E-state index in [9.17, 15) is 14.9 Å². The van der Waals surface area contributed by atoms with Gasteiger partial charge in [0.1, 0.15) is 6.61 Å². The van der Waals surface area contributed by atoms with Crippen LogP contribution in [0.1, 0.15) is 37.0 Å². The Balaban J connectivity index is 2.46. The van der Waals surface area contributed by atoms with Crippen molar-refractivity contribution in [1.29, 1.82) is 0 Å². The van der Waals surface area contributed by atoms with Crippen LogP contribution in [0.3, 0.4) is 0 Å². The van der Waals surface area contributed by atoms with E-state index in [1.807, 2.05) is 19.1 Å². The smallest absolute Gasteiger partial charge is 0.338 e. The summed E-state index contributed by atoms with van der Waals surface area (Å²) in [5, 5.41) is 10.5. The van der Waals surface area contributed by atoms with Crippen molar-refractivity contribution < 1.29 is 14.5 Å². The normalized spacial score (nSPS) is 12.5. The van der Waals surface area contributed by atoms with Crippen LogP contribution in [0.25, 0.3) is 0 Å². The fraction of sp³-hybridized carbons (Fsp3) is 0.353. The van der Waals surface area contributed by atoms with Gasteiger partial charge in [-0.3, -0.25) is 10.1 Å². The highest BCUT2D eigenvalue weighted by atomic mass is 16.6. The number of nitro groups is 1. The van der Waals surface area contributed by atoms with Crippen molar-refractivity contribution in [3.63, 3.8) is 0 Å². The Morgan fingerprint density at radius 1 is 1.41 bits per heavy atom. The Morgan fingerprint density at radius 3 is 2.59 bits per heavy atom. The lowest BCUT2D eigenvalue weighted by atomic mass is 10.1. The lowest BCUT2D eigenvalue weighted by Gasteiger charge is -2.06. The predicted molar refractivity (Wildman–Crippen MR) is 85.7 cm³/mol. The molecule has 5 heteroatoms. The topological polar surface area (TPSA) is 69.4 Å². The quantitative estimate of drug-likeness (QED) is 0.311. The monoisotopic (exact) mass is 303 g/mol. The minimum absolute atomic E-state index is 0.0519. The van der Waals surface area contributed by atoms with Gasteiger partial charge in [0.05, 0.1) is 10.5 Å². The number of nitro benzene ring substituents is 1. The van der Waals surface area contributed by atoms with Crippen molar-refractivity contribution in [2.75, 3.05) is 6.61 Å². The highest BCUT2D eigenvalue weighted by Gasteiger charge is 2.10. The molecule has 0 spiro atoms. The molecule has 1 unspecified atom stereocenters. The van der Waals surface area contributed by atoms with Gasteiger partial charge in [0.15, 0.2) is 0 Å². The third-order valence-electron chi connectivity index (χ3n) is 3.26. The number of ether oxygens (including phenoxy) is 1. The molecular formula is C17H21NO4. The summed E-state index contributed by atoms with van der Waals surface area (Å²) < 4.78 is 5.18. The van der Waals surface area contributed by atoms with Crippen molar-refractivity contribution in [3.8, 4) is 0 Å². The van der Waals surface area contributed by atoms with Crippen molar-refractivity contribution in [1.82, 2.24) is 0 Å². The highest BCUT2D eigenvalue weighted by Crippen LogP contribution is 2.13. The van der Waals surface area contributed by atoms with Crippen LogP contribution in [0, 0.1) is 16.0 Å². The molecule has 118 valence electrons. The van der Waals surface area contributed by atoms with Crippen LogP contribution in [0.4, 0.5) is 5.69 Å². The van der Waals surface area contributed by atoms with E-state index in [0.29, 0.717) is 11.5 Å². The van der Waals surface area contributed by atoms with E-state index in [1.54, 1.807) is 0 Å². The summed E-state index contributed by atoms with van der Waals surface area (Å²) in [5.41, 5.74) is 1.23. The molecule has 0 aliphatic carbocycles. The van der Waals surface area contributed by atoms with E-state index >= 15 is 0 Å². The molecule has 0 amide bonds. The number of allylic oxidation sites excluding steroid dienone is 2. The lowest BCUT2D eigenvalue weighted by molar-refractivity contribution is -0.384. The second kappa shape index (κ2) is 8.77. The first-order valence-corrected chi connectivity index (χ1v) is 7.13. The molecule has 0 N–H and O–H groups in total. The molecule has 0 saturated carbocycles.